The van der Waals surface area contributed by atoms with Gasteiger partial charge in [0.2, 0.25) is 0 Å². The maximum absolute atomic E-state index is 12.8. The first kappa shape index (κ1) is 18.3. The fourth-order valence-corrected chi connectivity index (χ4v) is 3.40. The van der Waals surface area contributed by atoms with Crippen molar-refractivity contribution >= 4 is 17.3 Å². The summed E-state index contributed by atoms with van der Waals surface area (Å²) >= 11 is 0. The van der Waals surface area contributed by atoms with Crippen LogP contribution in [0, 0.1) is 0 Å². The summed E-state index contributed by atoms with van der Waals surface area (Å²) in [6.45, 7) is 3.95. The summed E-state index contributed by atoms with van der Waals surface area (Å²) < 4.78 is 5.44. The molecule has 2 N–H and O–H groups in total. The molecule has 0 amide bonds. The second kappa shape index (κ2) is 7.86. The number of hydrogen-bond donors (Lipinski definition) is 1. The van der Waals surface area contributed by atoms with E-state index in [9.17, 15) is 4.79 Å². The van der Waals surface area contributed by atoms with E-state index < -0.39 is 0 Å². The Morgan fingerprint density at radius 2 is 1.96 bits per heavy atom. The number of carbonyl (C=O) groups is 1. The normalized spacial score (nSPS) is 15.0. The zero-order valence-electron chi connectivity index (χ0n) is 16.0. The van der Waals surface area contributed by atoms with Crippen LogP contribution < -0.4 is 10.6 Å². The smallest absolute Gasteiger partial charge is 0.168 e. The second-order valence-electron chi connectivity index (χ2n) is 7.19. The van der Waals surface area contributed by atoms with Gasteiger partial charge in [-0.3, -0.25) is 4.79 Å². The molecule has 6 heteroatoms. The Morgan fingerprint density at radius 3 is 2.64 bits per heavy atom. The highest BCUT2D eigenvalue weighted by atomic mass is 16.3. The monoisotopic (exact) mass is 376 g/mol. The minimum atomic E-state index is 0.000669. The summed E-state index contributed by atoms with van der Waals surface area (Å²) in [7, 11) is 2.12. The highest BCUT2D eigenvalue weighted by Crippen LogP contribution is 2.25. The van der Waals surface area contributed by atoms with Gasteiger partial charge in [-0.05, 0) is 55.1 Å². The van der Waals surface area contributed by atoms with E-state index in [-0.39, 0.29) is 12.2 Å². The minimum Gasteiger partial charge on any atom is -0.464 e. The Morgan fingerprint density at radius 1 is 1.14 bits per heavy atom. The molecule has 1 aliphatic heterocycles. The number of rotatable bonds is 5. The summed E-state index contributed by atoms with van der Waals surface area (Å²) in [6, 6.07) is 13.1. The van der Waals surface area contributed by atoms with Crippen LogP contribution in [0.5, 0.6) is 0 Å². The van der Waals surface area contributed by atoms with Crippen molar-refractivity contribution in [1.29, 1.82) is 0 Å². The van der Waals surface area contributed by atoms with Gasteiger partial charge < -0.3 is 20.0 Å². The fourth-order valence-electron chi connectivity index (χ4n) is 3.40. The number of nitrogens with zero attached hydrogens (tertiary/aromatic N) is 3. The van der Waals surface area contributed by atoms with E-state index in [4.69, 9.17) is 10.2 Å². The van der Waals surface area contributed by atoms with Crippen molar-refractivity contribution in [3.63, 3.8) is 0 Å². The molecule has 1 aliphatic rings. The van der Waals surface area contributed by atoms with Crippen LogP contribution in [0.3, 0.4) is 0 Å². The third-order valence-corrected chi connectivity index (χ3v) is 5.20. The standard InChI is InChI=1S/C22H24N4O2/c1-25-8-10-26(11-9-25)22-7-5-17(15-24-22)20(27)14-18-13-16(4-6-19(18)23)21-3-2-12-28-21/h2-7,12-13,15H,8-11,14,23H2,1H3. The summed E-state index contributed by atoms with van der Waals surface area (Å²) in [4.78, 5) is 21.8. The molecular formula is C22H24N4O2. The third-order valence-electron chi connectivity index (χ3n) is 5.20. The van der Waals surface area contributed by atoms with Gasteiger partial charge in [-0.1, -0.05) is 0 Å². The molecule has 0 unspecified atom stereocenters. The maximum Gasteiger partial charge on any atom is 0.168 e. The van der Waals surface area contributed by atoms with Gasteiger partial charge in [-0.25, -0.2) is 4.98 Å². The van der Waals surface area contributed by atoms with Gasteiger partial charge in [0.05, 0.1) is 6.26 Å². The van der Waals surface area contributed by atoms with Gasteiger partial charge in [0.25, 0.3) is 0 Å². The lowest BCUT2D eigenvalue weighted by molar-refractivity contribution is 0.0993. The largest absolute Gasteiger partial charge is 0.464 e. The summed E-state index contributed by atoms with van der Waals surface area (Å²) in [6.07, 6.45) is 3.53. The van der Waals surface area contributed by atoms with Gasteiger partial charge in [0.1, 0.15) is 11.6 Å². The Hall–Kier alpha value is -3.12. The van der Waals surface area contributed by atoms with Crippen LogP contribution in [0.15, 0.2) is 59.3 Å². The van der Waals surface area contributed by atoms with Gasteiger partial charge in [0.15, 0.2) is 5.78 Å². The van der Waals surface area contributed by atoms with Crippen LogP contribution in [0.25, 0.3) is 11.3 Å². The number of anilines is 2. The lowest BCUT2D eigenvalue weighted by atomic mass is 10.00. The van der Waals surface area contributed by atoms with Crippen LogP contribution in [-0.2, 0) is 6.42 Å². The molecule has 1 saturated heterocycles. The SMILES string of the molecule is CN1CCN(c2ccc(C(=O)Cc3cc(-c4ccco4)ccc3N)cn2)CC1. The van der Waals surface area contributed by atoms with Crippen molar-refractivity contribution in [1.82, 2.24) is 9.88 Å². The molecule has 0 bridgehead atoms. The zero-order chi connectivity index (χ0) is 19.5. The van der Waals surface area contributed by atoms with E-state index in [1.54, 1.807) is 12.5 Å². The van der Waals surface area contributed by atoms with Crippen molar-refractivity contribution in [3.8, 4) is 11.3 Å². The van der Waals surface area contributed by atoms with Crippen molar-refractivity contribution < 1.29 is 9.21 Å². The fraction of sp³-hybridized carbons (Fsp3) is 0.273. The molecule has 0 aliphatic carbocycles. The first-order valence-corrected chi connectivity index (χ1v) is 9.45. The van der Waals surface area contributed by atoms with Gasteiger partial charge in [0, 0.05) is 55.6 Å². The van der Waals surface area contributed by atoms with E-state index >= 15 is 0 Å². The number of likely N-dealkylation sites (N-methyl/N-ethyl adjacent to an activating group) is 1. The average Bonchev–Trinajstić information content (AvgIpc) is 3.25. The Kier molecular flexibility index (Phi) is 5.12. The number of nitrogens with two attached hydrogens (primary N) is 1. The van der Waals surface area contributed by atoms with E-state index in [1.165, 1.54) is 0 Å². The molecule has 0 atom stereocenters. The Bertz CT molecular complexity index is 943. The third kappa shape index (κ3) is 3.92. The Balaban J connectivity index is 1.47. The van der Waals surface area contributed by atoms with Crippen LogP contribution in [0.4, 0.5) is 11.5 Å². The van der Waals surface area contributed by atoms with E-state index in [0.29, 0.717) is 11.3 Å². The predicted octanol–water partition coefficient (Wildman–Crippen LogP) is 3.10. The Labute approximate surface area is 164 Å². The van der Waals surface area contributed by atoms with E-state index in [2.05, 4.69) is 21.8 Å². The van der Waals surface area contributed by atoms with Gasteiger partial charge >= 0.3 is 0 Å². The molecule has 1 aromatic carbocycles. The first-order chi connectivity index (χ1) is 13.6. The molecule has 3 aromatic rings. The summed E-state index contributed by atoms with van der Waals surface area (Å²) in [5.74, 6) is 1.68. The second-order valence-corrected chi connectivity index (χ2v) is 7.19. The topological polar surface area (TPSA) is 75.6 Å². The summed E-state index contributed by atoms with van der Waals surface area (Å²) in [5, 5.41) is 0. The van der Waals surface area contributed by atoms with Crippen molar-refractivity contribution in [2.24, 2.45) is 0 Å². The van der Waals surface area contributed by atoms with Crippen molar-refractivity contribution in [2.75, 3.05) is 43.9 Å². The molecule has 6 nitrogen and oxygen atoms in total. The molecule has 3 heterocycles. The molecule has 0 spiro atoms. The average molecular weight is 376 g/mol. The first-order valence-electron chi connectivity index (χ1n) is 9.45. The number of Topliss-reactive ketones (excluding diaryl/α,β-unsaturated/α-hetero) is 1. The molecular weight excluding hydrogens is 352 g/mol. The van der Waals surface area contributed by atoms with Gasteiger partial charge in [-0.15, -0.1) is 0 Å². The van der Waals surface area contributed by atoms with Gasteiger partial charge in [-0.2, -0.15) is 0 Å². The van der Waals surface area contributed by atoms with E-state index in [1.807, 2.05) is 42.5 Å². The van der Waals surface area contributed by atoms with Crippen LogP contribution in [-0.4, -0.2) is 48.9 Å². The highest BCUT2D eigenvalue weighted by Gasteiger charge is 2.16. The lowest BCUT2D eigenvalue weighted by Gasteiger charge is -2.33. The van der Waals surface area contributed by atoms with Crippen molar-refractivity contribution in [3.05, 3.63) is 66.1 Å². The number of nitrogen functional groups attached to an aromatic ring is 1. The molecule has 28 heavy (non-hydrogen) atoms. The lowest BCUT2D eigenvalue weighted by Crippen LogP contribution is -2.44. The molecule has 0 saturated carbocycles. The van der Waals surface area contributed by atoms with Crippen LogP contribution in [0.2, 0.25) is 0 Å². The zero-order valence-corrected chi connectivity index (χ0v) is 16.0. The quantitative estimate of drug-likeness (QED) is 0.545. The molecule has 144 valence electrons. The minimum absolute atomic E-state index is 0.000669. The molecule has 1 fully saturated rings. The highest BCUT2D eigenvalue weighted by molar-refractivity contribution is 5.98. The number of aromatic nitrogens is 1. The summed E-state index contributed by atoms with van der Waals surface area (Å²) in [5.41, 5.74) is 8.99. The number of hydrogen-bond acceptors (Lipinski definition) is 6. The van der Waals surface area contributed by atoms with E-state index in [0.717, 1.165) is 48.9 Å². The number of furan rings is 1. The maximum atomic E-state index is 12.8. The molecule has 2 aromatic heterocycles. The molecule has 4 rings (SSSR count). The number of piperazine rings is 1. The number of carbonyl (C=O) groups excluding carboxylic acids is 1. The predicted molar refractivity (Wildman–Crippen MR) is 111 cm³/mol. The molecule has 0 radical (unpaired) electrons. The number of benzene rings is 1. The van der Waals surface area contributed by atoms with Crippen molar-refractivity contribution in [2.45, 2.75) is 6.42 Å². The van der Waals surface area contributed by atoms with Crippen LogP contribution in [0.1, 0.15) is 15.9 Å². The van der Waals surface area contributed by atoms with Crippen LogP contribution >= 0.6 is 0 Å². The number of ketones is 1. The number of pyridine rings is 1.